The van der Waals surface area contributed by atoms with Gasteiger partial charge in [-0.1, -0.05) is 86.6 Å². The maximum Gasteiger partial charge on any atom is 0.339 e. The number of benzene rings is 4. The monoisotopic (exact) mass is 778 g/mol. The average molecular weight is 779 g/mol. The highest BCUT2D eigenvalue weighted by Gasteiger charge is 2.26. The third-order valence-corrected chi connectivity index (χ3v) is 8.75. The molecule has 0 aliphatic rings. The first kappa shape index (κ1) is 42.3. The molecule has 0 fully saturated rings. The SMILES string of the molecule is CCOc1c(N[C@H](CC)c2ccccc2)c(=O)c1=O.CC[C@@H](Nc1c(Nc2cccc(C(=O)O)c2O)c(=O)c1=O)c1ccccc1.Nc1cccc(C(=O)O)c1O. The van der Waals surface area contributed by atoms with Crippen molar-refractivity contribution in [1.29, 1.82) is 0 Å². The van der Waals surface area contributed by atoms with Crippen LogP contribution in [0, 0.1) is 0 Å². The molecule has 0 aromatic heterocycles. The van der Waals surface area contributed by atoms with Crippen molar-refractivity contribution in [3.8, 4) is 17.2 Å². The summed E-state index contributed by atoms with van der Waals surface area (Å²) in [4.78, 5) is 68.5. The van der Waals surface area contributed by atoms with Gasteiger partial charge in [-0.15, -0.1) is 0 Å². The van der Waals surface area contributed by atoms with E-state index in [2.05, 4.69) is 16.0 Å². The first-order valence-corrected chi connectivity index (χ1v) is 17.8. The van der Waals surface area contributed by atoms with Crippen LogP contribution in [0.25, 0.3) is 0 Å². The lowest BCUT2D eigenvalue weighted by molar-refractivity contribution is 0.0682. The zero-order valence-corrected chi connectivity index (χ0v) is 31.2. The van der Waals surface area contributed by atoms with Crippen LogP contribution in [0.15, 0.2) is 116 Å². The van der Waals surface area contributed by atoms with Crippen LogP contribution in [-0.4, -0.2) is 39.0 Å². The second kappa shape index (κ2) is 19.3. The van der Waals surface area contributed by atoms with E-state index in [0.717, 1.165) is 17.5 Å². The van der Waals surface area contributed by atoms with Crippen LogP contribution < -0.4 is 48.1 Å². The highest BCUT2D eigenvalue weighted by Crippen LogP contribution is 2.33. The molecular formula is C42H42N4O11. The first-order valence-electron chi connectivity index (χ1n) is 17.8. The van der Waals surface area contributed by atoms with E-state index in [9.17, 15) is 33.9 Å². The fourth-order valence-electron chi connectivity index (χ4n) is 5.68. The minimum atomic E-state index is -1.30. The van der Waals surface area contributed by atoms with E-state index < -0.39 is 39.4 Å². The van der Waals surface area contributed by atoms with E-state index in [1.165, 1.54) is 36.4 Å². The van der Waals surface area contributed by atoms with Crippen molar-refractivity contribution in [2.45, 2.75) is 45.7 Å². The topological polar surface area (TPSA) is 255 Å². The largest absolute Gasteiger partial charge is 0.505 e. The molecule has 0 amide bonds. The molecular weight excluding hydrogens is 736 g/mol. The highest BCUT2D eigenvalue weighted by atomic mass is 16.5. The highest BCUT2D eigenvalue weighted by molar-refractivity contribution is 5.94. The fraction of sp³-hybridized carbons (Fsp3) is 0.190. The fourth-order valence-corrected chi connectivity index (χ4v) is 5.68. The van der Waals surface area contributed by atoms with Crippen molar-refractivity contribution in [1.82, 2.24) is 0 Å². The lowest BCUT2D eigenvalue weighted by Gasteiger charge is -2.22. The summed E-state index contributed by atoms with van der Waals surface area (Å²) < 4.78 is 5.20. The molecule has 2 atom stereocenters. The zero-order chi connectivity index (χ0) is 41.8. The van der Waals surface area contributed by atoms with Gasteiger partial charge in [-0.2, -0.15) is 0 Å². The second-order valence-electron chi connectivity index (χ2n) is 12.4. The van der Waals surface area contributed by atoms with E-state index >= 15 is 0 Å². The molecule has 0 radical (unpaired) electrons. The second-order valence-corrected chi connectivity index (χ2v) is 12.4. The summed E-state index contributed by atoms with van der Waals surface area (Å²) in [7, 11) is 0. The van der Waals surface area contributed by atoms with Gasteiger partial charge in [-0.25, -0.2) is 9.59 Å². The molecule has 296 valence electrons. The Bertz CT molecular complexity index is 2470. The normalized spacial score (nSPS) is 11.6. The van der Waals surface area contributed by atoms with Crippen molar-refractivity contribution >= 4 is 40.4 Å². The Kier molecular flexibility index (Phi) is 14.3. The molecule has 6 aromatic carbocycles. The number of hydrogen-bond donors (Lipinski definition) is 8. The van der Waals surface area contributed by atoms with Crippen LogP contribution in [0.2, 0.25) is 0 Å². The van der Waals surface area contributed by atoms with Gasteiger partial charge in [0.1, 0.15) is 28.2 Å². The van der Waals surface area contributed by atoms with Gasteiger partial charge in [0.25, 0.3) is 21.7 Å². The number of nitrogens with one attached hydrogen (secondary N) is 3. The number of carbonyl (C=O) groups is 2. The third-order valence-electron chi connectivity index (χ3n) is 8.75. The number of para-hydroxylation sites is 2. The molecule has 6 rings (SSSR count). The van der Waals surface area contributed by atoms with Crippen LogP contribution in [-0.2, 0) is 0 Å². The van der Waals surface area contributed by atoms with E-state index in [1.54, 1.807) is 6.92 Å². The molecule has 0 heterocycles. The van der Waals surface area contributed by atoms with E-state index in [-0.39, 0.29) is 57.5 Å². The Hall–Kier alpha value is -7.42. The molecule has 0 saturated carbocycles. The molecule has 9 N–H and O–H groups in total. The molecule has 15 nitrogen and oxygen atoms in total. The summed E-state index contributed by atoms with van der Waals surface area (Å²) in [5.41, 5.74) is 4.97. The summed E-state index contributed by atoms with van der Waals surface area (Å²) in [6.45, 7) is 6.14. The molecule has 0 aliphatic carbocycles. The van der Waals surface area contributed by atoms with Crippen molar-refractivity contribution in [3.63, 3.8) is 0 Å². The zero-order valence-electron chi connectivity index (χ0n) is 31.2. The van der Waals surface area contributed by atoms with Crippen LogP contribution in [0.5, 0.6) is 17.2 Å². The molecule has 15 heteroatoms. The number of aromatic hydroxyl groups is 2. The number of aromatic carboxylic acids is 2. The average Bonchev–Trinajstić information content (AvgIpc) is 3.22. The molecule has 0 aliphatic heterocycles. The van der Waals surface area contributed by atoms with E-state index in [0.29, 0.717) is 18.7 Å². The van der Waals surface area contributed by atoms with Gasteiger partial charge in [0.15, 0.2) is 17.2 Å². The smallest absolute Gasteiger partial charge is 0.339 e. The molecule has 0 unspecified atom stereocenters. The van der Waals surface area contributed by atoms with Crippen molar-refractivity contribution in [2.75, 3.05) is 28.3 Å². The molecule has 57 heavy (non-hydrogen) atoms. The number of hydrogen-bond acceptors (Lipinski definition) is 13. The van der Waals surface area contributed by atoms with Crippen LogP contribution in [0.1, 0.15) is 77.5 Å². The lowest BCUT2D eigenvalue weighted by Crippen LogP contribution is -2.37. The van der Waals surface area contributed by atoms with Gasteiger partial charge >= 0.3 is 11.9 Å². The summed E-state index contributed by atoms with van der Waals surface area (Å²) in [5.74, 6) is -3.19. The van der Waals surface area contributed by atoms with Crippen LogP contribution in [0.3, 0.4) is 0 Å². The van der Waals surface area contributed by atoms with Crippen LogP contribution >= 0.6 is 0 Å². The third kappa shape index (κ3) is 9.82. The Balaban J connectivity index is 0.000000208. The van der Waals surface area contributed by atoms with Crippen molar-refractivity contribution in [2.24, 2.45) is 0 Å². The number of ether oxygens (including phenoxy) is 1. The summed E-state index contributed by atoms with van der Waals surface area (Å²) >= 11 is 0. The maximum atomic E-state index is 12.0. The van der Waals surface area contributed by atoms with E-state index in [1.807, 2.05) is 74.5 Å². The minimum Gasteiger partial charge on any atom is -0.505 e. The number of carboxylic acids is 2. The van der Waals surface area contributed by atoms with Gasteiger partial charge < -0.3 is 46.8 Å². The number of phenols is 2. The van der Waals surface area contributed by atoms with Gasteiger partial charge in [-0.3, -0.25) is 19.2 Å². The molecule has 6 aromatic rings. The predicted octanol–water partition coefficient (Wildman–Crippen LogP) is 5.91. The first-order chi connectivity index (χ1) is 27.2. The van der Waals surface area contributed by atoms with Gasteiger partial charge in [0.05, 0.1) is 30.1 Å². The number of nitrogens with two attached hydrogens (primary N) is 1. The van der Waals surface area contributed by atoms with Crippen molar-refractivity contribution in [3.05, 3.63) is 160 Å². The number of anilines is 5. The van der Waals surface area contributed by atoms with Crippen molar-refractivity contribution < 1.29 is 34.8 Å². The summed E-state index contributed by atoms with van der Waals surface area (Å²) in [6, 6.07) is 27.4. The lowest BCUT2D eigenvalue weighted by atomic mass is 10.0. The number of nitrogen functional groups attached to an aromatic ring is 1. The Morgan fingerprint density at radius 3 is 1.53 bits per heavy atom. The minimum absolute atomic E-state index is 0.00343. The molecule has 0 spiro atoms. The van der Waals surface area contributed by atoms with Crippen LogP contribution in [0.4, 0.5) is 28.4 Å². The number of rotatable bonds is 14. The van der Waals surface area contributed by atoms with Gasteiger partial charge in [-0.05, 0) is 55.2 Å². The summed E-state index contributed by atoms with van der Waals surface area (Å²) in [5, 5.41) is 45.6. The standard InChI is InChI=1S/C20H18N2O5.C15H17NO3.C7H7NO3/c1-2-13(11-7-4-3-5-8-11)21-15-16(19(25)18(15)24)22-14-10-6-9-12(17(14)23)20(26)27;1-3-11(10-8-6-5-7-9-10)16-12-13(17)14(18)15(12)19-4-2;8-5-3-1-2-4(6(5)9)7(10)11/h3-10,13,21-23H,2H2,1H3,(H,26,27);5-9,11,16H,3-4H2,1-2H3;1-3,9H,8H2,(H,10,11)/t13-;11-;/m11./s1. The quantitative estimate of drug-likeness (QED) is 0.0363. The molecule has 0 saturated heterocycles. The summed E-state index contributed by atoms with van der Waals surface area (Å²) in [6.07, 6.45) is 1.50. The number of carboxylic acid groups (broad SMARTS) is 2. The van der Waals surface area contributed by atoms with Gasteiger partial charge in [0.2, 0.25) is 0 Å². The Labute approximate surface area is 326 Å². The molecule has 0 bridgehead atoms. The van der Waals surface area contributed by atoms with E-state index in [4.69, 9.17) is 25.8 Å². The van der Waals surface area contributed by atoms with Gasteiger partial charge in [0, 0.05) is 0 Å². The Morgan fingerprint density at radius 2 is 1.05 bits per heavy atom. The predicted molar refractivity (Wildman–Crippen MR) is 218 cm³/mol. The Morgan fingerprint density at radius 1 is 0.596 bits per heavy atom. The maximum absolute atomic E-state index is 12.0.